The van der Waals surface area contributed by atoms with Crippen LogP contribution >= 0.6 is 0 Å². The molecule has 0 bridgehead atoms. The summed E-state index contributed by atoms with van der Waals surface area (Å²) in [4.78, 5) is 23.6. The van der Waals surface area contributed by atoms with Gasteiger partial charge >= 0.3 is 5.97 Å². The van der Waals surface area contributed by atoms with Gasteiger partial charge in [0, 0.05) is 19.5 Å². The molecule has 1 heterocycles. The number of hydrogen-bond acceptors (Lipinski definition) is 3. The summed E-state index contributed by atoms with van der Waals surface area (Å²) in [5.74, 6) is -0.672. The Bertz CT molecular complexity index is 231. The van der Waals surface area contributed by atoms with Gasteiger partial charge in [-0.3, -0.25) is 14.5 Å². The van der Waals surface area contributed by atoms with Crippen LogP contribution in [0.5, 0.6) is 0 Å². The summed E-state index contributed by atoms with van der Waals surface area (Å²) in [6, 6.07) is 0. The highest BCUT2D eigenvalue weighted by Gasteiger charge is 2.13. The van der Waals surface area contributed by atoms with Crippen LogP contribution in [-0.4, -0.2) is 48.1 Å². The Kier molecular flexibility index (Phi) is 5.10. The fourth-order valence-electron chi connectivity index (χ4n) is 1.67. The van der Waals surface area contributed by atoms with Gasteiger partial charge in [0.05, 0.1) is 6.54 Å². The van der Waals surface area contributed by atoms with E-state index >= 15 is 0 Å². The maximum absolute atomic E-state index is 11.2. The third-order valence-electron chi connectivity index (χ3n) is 2.46. The summed E-state index contributed by atoms with van der Waals surface area (Å²) < 4.78 is 0. The first-order chi connectivity index (χ1) is 7.18. The first-order valence-corrected chi connectivity index (χ1v) is 5.39. The van der Waals surface area contributed by atoms with Crippen molar-refractivity contribution in [3.8, 4) is 0 Å². The van der Waals surface area contributed by atoms with Gasteiger partial charge in [0.2, 0.25) is 5.91 Å². The molecule has 1 saturated heterocycles. The monoisotopic (exact) mass is 214 g/mol. The Morgan fingerprint density at radius 2 is 2.27 bits per heavy atom. The predicted octanol–water partition coefficient (Wildman–Crippen LogP) is 0.0632. The summed E-state index contributed by atoms with van der Waals surface area (Å²) in [7, 11) is 0. The van der Waals surface area contributed by atoms with Gasteiger partial charge in [0.25, 0.3) is 0 Å². The van der Waals surface area contributed by atoms with E-state index in [1.54, 1.807) is 0 Å². The van der Waals surface area contributed by atoms with E-state index in [0.29, 0.717) is 13.0 Å². The molecule has 2 N–H and O–H groups in total. The average Bonchev–Trinajstić information content (AvgIpc) is 2.37. The van der Waals surface area contributed by atoms with Gasteiger partial charge in [0.1, 0.15) is 0 Å². The molecule has 0 aromatic carbocycles. The number of amides is 1. The van der Waals surface area contributed by atoms with Crippen molar-refractivity contribution in [3.63, 3.8) is 0 Å². The number of carbonyl (C=O) groups excluding carboxylic acids is 1. The molecule has 1 rings (SSSR count). The zero-order valence-electron chi connectivity index (χ0n) is 8.87. The van der Waals surface area contributed by atoms with Crippen molar-refractivity contribution < 1.29 is 14.7 Å². The predicted molar refractivity (Wildman–Crippen MR) is 55.6 cm³/mol. The Labute approximate surface area is 89.4 Å². The second-order valence-corrected chi connectivity index (χ2v) is 3.83. The minimum atomic E-state index is -0.747. The van der Waals surface area contributed by atoms with Crippen molar-refractivity contribution >= 4 is 11.9 Å². The zero-order valence-corrected chi connectivity index (χ0v) is 8.87. The van der Waals surface area contributed by atoms with Crippen LogP contribution in [-0.2, 0) is 9.59 Å². The van der Waals surface area contributed by atoms with Crippen molar-refractivity contribution in [2.45, 2.75) is 25.7 Å². The molecule has 0 atom stereocenters. The summed E-state index contributed by atoms with van der Waals surface area (Å²) in [5, 5.41) is 11.3. The van der Waals surface area contributed by atoms with E-state index in [-0.39, 0.29) is 12.3 Å². The van der Waals surface area contributed by atoms with E-state index in [1.807, 2.05) is 0 Å². The second kappa shape index (κ2) is 6.40. The number of carboxylic acid groups (broad SMARTS) is 1. The lowest BCUT2D eigenvalue weighted by Gasteiger charge is -2.17. The molecule has 1 aliphatic rings. The number of aliphatic carboxylic acids is 1. The minimum Gasteiger partial charge on any atom is -0.481 e. The molecular weight excluding hydrogens is 196 g/mol. The van der Waals surface area contributed by atoms with E-state index in [4.69, 9.17) is 5.11 Å². The Hall–Kier alpha value is -1.10. The summed E-state index contributed by atoms with van der Waals surface area (Å²) >= 11 is 0. The SMILES string of the molecule is O=C(O)CCCCN1CCCNC(=O)C1. The number of unbranched alkanes of at least 4 members (excludes halogenated alkanes) is 1. The number of nitrogens with zero attached hydrogens (tertiary/aromatic N) is 1. The molecule has 1 amide bonds. The number of carboxylic acids is 1. The fourth-order valence-corrected chi connectivity index (χ4v) is 1.67. The molecule has 0 aromatic rings. The van der Waals surface area contributed by atoms with Crippen molar-refractivity contribution in [1.82, 2.24) is 10.2 Å². The number of rotatable bonds is 5. The van der Waals surface area contributed by atoms with Crippen LogP contribution in [0.25, 0.3) is 0 Å². The molecule has 0 saturated carbocycles. The third-order valence-corrected chi connectivity index (χ3v) is 2.46. The lowest BCUT2D eigenvalue weighted by Crippen LogP contribution is -2.33. The van der Waals surface area contributed by atoms with Gasteiger partial charge in [0.15, 0.2) is 0 Å². The van der Waals surface area contributed by atoms with Crippen LogP contribution < -0.4 is 5.32 Å². The number of nitrogens with one attached hydrogen (secondary N) is 1. The summed E-state index contributed by atoms with van der Waals surface area (Å²) in [5.41, 5.74) is 0. The molecule has 86 valence electrons. The maximum atomic E-state index is 11.2. The smallest absolute Gasteiger partial charge is 0.303 e. The average molecular weight is 214 g/mol. The summed E-state index contributed by atoms with van der Waals surface area (Å²) in [6.45, 7) is 2.95. The quantitative estimate of drug-likeness (QED) is 0.635. The van der Waals surface area contributed by atoms with E-state index in [9.17, 15) is 9.59 Å². The Morgan fingerprint density at radius 1 is 1.47 bits per heavy atom. The molecule has 0 aromatic heterocycles. The van der Waals surface area contributed by atoms with Crippen LogP contribution in [0.15, 0.2) is 0 Å². The van der Waals surface area contributed by atoms with E-state index < -0.39 is 5.97 Å². The first-order valence-electron chi connectivity index (χ1n) is 5.39. The highest BCUT2D eigenvalue weighted by molar-refractivity contribution is 5.78. The minimum absolute atomic E-state index is 0.0748. The Balaban J connectivity index is 2.13. The van der Waals surface area contributed by atoms with Crippen LogP contribution in [0, 0.1) is 0 Å². The molecule has 0 aliphatic carbocycles. The van der Waals surface area contributed by atoms with Gasteiger partial charge < -0.3 is 10.4 Å². The van der Waals surface area contributed by atoms with Crippen LogP contribution in [0.2, 0.25) is 0 Å². The van der Waals surface area contributed by atoms with Gasteiger partial charge in [-0.05, 0) is 25.8 Å². The largest absolute Gasteiger partial charge is 0.481 e. The third kappa shape index (κ3) is 5.37. The number of hydrogen-bond donors (Lipinski definition) is 2. The molecule has 0 spiro atoms. The lowest BCUT2D eigenvalue weighted by atomic mass is 10.2. The van der Waals surface area contributed by atoms with Crippen molar-refractivity contribution in [2.24, 2.45) is 0 Å². The molecule has 1 fully saturated rings. The van der Waals surface area contributed by atoms with Gasteiger partial charge in [-0.25, -0.2) is 0 Å². The molecule has 1 aliphatic heterocycles. The Morgan fingerprint density at radius 3 is 3.00 bits per heavy atom. The van der Waals surface area contributed by atoms with Gasteiger partial charge in [-0.2, -0.15) is 0 Å². The first kappa shape index (κ1) is 12.0. The molecular formula is C10H18N2O3. The van der Waals surface area contributed by atoms with Crippen LogP contribution in [0.4, 0.5) is 0 Å². The van der Waals surface area contributed by atoms with Gasteiger partial charge in [-0.1, -0.05) is 0 Å². The van der Waals surface area contributed by atoms with Crippen LogP contribution in [0.1, 0.15) is 25.7 Å². The molecule has 0 radical (unpaired) electrons. The van der Waals surface area contributed by atoms with Crippen molar-refractivity contribution in [2.75, 3.05) is 26.2 Å². The lowest BCUT2D eigenvalue weighted by molar-refractivity contribution is -0.137. The molecule has 5 heteroatoms. The van der Waals surface area contributed by atoms with Gasteiger partial charge in [-0.15, -0.1) is 0 Å². The second-order valence-electron chi connectivity index (χ2n) is 3.83. The molecule has 5 nitrogen and oxygen atoms in total. The summed E-state index contributed by atoms with van der Waals surface area (Å²) in [6.07, 6.45) is 2.73. The van der Waals surface area contributed by atoms with E-state index in [0.717, 1.165) is 32.5 Å². The number of carbonyl (C=O) groups is 2. The zero-order chi connectivity index (χ0) is 11.1. The molecule has 0 unspecified atom stereocenters. The van der Waals surface area contributed by atoms with Crippen molar-refractivity contribution in [3.05, 3.63) is 0 Å². The highest BCUT2D eigenvalue weighted by atomic mass is 16.4. The van der Waals surface area contributed by atoms with Crippen molar-refractivity contribution in [1.29, 1.82) is 0 Å². The maximum Gasteiger partial charge on any atom is 0.303 e. The van der Waals surface area contributed by atoms with E-state index in [2.05, 4.69) is 10.2 Å². The van der Waals surface area contributed by atoms with Crippen LogP contribution in [0.3, 0.4) is 0 Å². The normalized spacial score (nSPS) is 18.3. The fraction of sp³-hybridized carbons (Fsp3) is 0.800. The molecule has 15 heavy (non-hydrogen) atoms. The topological polar surface area (TPSA) is 69.6 Å². The highest BCUT2D eigenvalue weighted by Crippen LogP contribution is 2.01. The van der Waals surface area contributed by atoms with E-state index in [1.165, 1.54) is 0 Å². The standard InChI is InChI=1S/C10H18N2O3/c13-9-8-12(7-3-5-11-9)6-2-1-4-10(14)15/h1-8H2,(H,11,13)(H,14,15).